The molecule has 110 valence electrons. The molecule has 0 fully saturated rings. The van der Waals surface area contributed by atoms with Crippen molar-refractivity contribution in [3.8, 4) is 5.75 Å². The molecule has 0 aliphatic heterocycles. The van der Waals surface area contributed by atoms with Crippen molar-refractivity contribution in [2.75, 3.05) is 18.2 Å². The van der Waals surface area contributed by atoms with Crippen molar-refractivity contribution in [3.05, 3.63) is 53.6 Å². The van der Waals surface area contributed by atoms with E-state index < -0.39 is 0 Å². The predicted octanol–water partition coefficient (Wildman–Crippen LogP) is 3.65. The van der Waals surface area contributed by atoms with E-state index in [0.717, 1.165) is 11.3 Å². The summed E-state index contributed by atoms with van der Waals surface area (Å²) in [6.45, 7) is 4.19. The third kappa shape index (κ3) is 3.34. The zero-order chi connectivity index (χ0) is 15.4. The minimum absolute atomic E-state index is 0.183. The van der Waals surface area contributed by atoms with Crippen molar-refractivity contribution in [2.45, 2.75) is 19.8 Å². The molecule has 21 heavy (non-hydrogen) atoms. The van der Waals surface area contributed by atoms with Gasteiger partial charge in [0, 0.05) is 11.3 Å². The van der Waals surface area contributed by atoms with Crippen LogP contribution in [0.4, 0.5) is 11.4 Å². The first-order valence-electron chi connectivity index (χ1n) is 6.86. The highest BCUT2D eigenvalue weighted by Crippen LogP contribution is 2.26. The topological polar surface area (TPSA) is 64.3 Å². The second kappa shape index (κ2) is 6.31. The highest BCUT2D eigenvalue weighted by atomic mass is 16.5. The van der Waals surface area contributed by atoms with Gasteiger partial charge in [-0.15, -0.1) is 0 Å². The van der Waals surface area contributed by atoms with Crippen LogP contribution in [0.15, 0.2) is 42.5 Å². The van der Waals surface area contributed by atoms with Gasteiger partial charge < -0.3 is 15.8 Å². The summed E-state index contributed by atoms with van der Waals surface area (Å²) in [5.41, 5.74) is 8.72. The number of carbonyl (C=O) groups is 1. The van der Waals surface area contributed by atoms with E-state index in [2.05, 4.69) is 19.2 Å². The summed E-state index contributed by atoms with van der Waals surface area (Å²) in [5, 5.41) is 2.94. The fraction of sp³-hybridized carbons (Fsp3) is 0.235. The Morgan fingerprint density at radius 1 is 1.19 bits per heavy atom. The lowest BCUT2D eigenvalue weighted by Gasteiger charge is -2.14. The van der Waals surface area contributed by atoms with Crippen LogP contribution < -0.4 is 15.8 Å². The van der Waals surface area contributed by atoms with Gasteiger partial charge in [0.2, 0.25) is 0 Å². The number of nitrogens with two attached hydrogens (primary N) is 1. The number of anilines is 2. The first-order chi connectivity index (χ1) is 10.0. The SMILES string of the molecule is COc1ccc(C(=O)Nc2ccccc2C(C)C)cc1N. The first kappa shape index (κ1) is 14.9. The van der Waals surface area contributed by atoms with Gasteiger partial charge in [0.15, 0.2) is 0 Å². The molecule has 0 bridgehead atoms. The standard InChI is InChI=1S/C17H20N2O2/c1-11(2)13-6-4-5-7-15(13)19-17(20)12-8-9-16(21-3)14(18)10-12/h4-11H,18H2,1-3H3,(H,19,20). The molecule has 0 unspecified atom stereocenters. The monoisotopic (exact) mass is 284 g/mol. The Balaban J connectivity index is 2.24. The van der Waals surface area contributed by atoms with E-state index >= 15 is 0 Å². The molecular weight excluding hydrogens is 264 g/mol. The second-order valence-corrected chi connectivity index (χ2v) is 5.15. The van der Waals surface area contributed by atoms with Crippen LogP contribution in [0.25, 0.3) is 0 Å². The quantitative estimate of drug-likeness (QED) is 0.842. The van der Waals surface area contributed by atoms with E-state index in [9.17, 15) is 4.79 Å². The van der Waals surface area contributed by atoms with Crippen molar-refractivity contribution < 1.29 is 9.53 Å². The molecule has 0 atom stereocenters. The Morgan fingerprint density at radius 3 is 2.52 bits per heavy atom. The maximum atomic E-state index is 12.3. The number of nitrogens with one attached hydrogen (secondary N) is 1. The number of para-hydroxylation sites is 1. The Kier molecular flexibility index (Phi) is 4.48. The lowest BCUT2D eigenvalue weighted by Crippen LogP contribution is -2.14. The number of hydrogen-bond acceptors (Lipinski definition) is 3. The Morgan fingerprint density at radius 2 is 1.90 bits per heavy atom. The summed E-state index contributed by atoms with van der Waals surface area (Å²) in [7, 11) is 1.55. The molecule has 0 saturated carbocycles. The third-order valence-electron chi connectivity index (χ3n) is 3.32. The number of hydrogen-bond donors (Lipinski definition) is 2. The minimum Gasteiger partial charge on any atom is -0.495 e. The molecule has 4 heteroatoms. The van der Waals surface area contributed by atoms with E-state index in [1.165, 1.54) is 0 Å². The molecule has 0 aromatic heterocycles. The normalized spacial score (nSPS) is 10.5. The molecule has 0 saturated heterocycles. The van der Waals surface area contributed by atoms with Crippen LogP contribution in [-0.4, -0.2) is 13.0 Å². The number of ether oxygens (including phenoxy) is 1. The van der Waals surface area contributed by atoms with Crippen LogP contribution in [0.1, 0.15) is 35.7 Å². The van der Waals surface area contributed by atoms with Gasteiger partial charge in [-0.25, -0.2) is 0 Å². The Bertz CT molecular complexity index is 651. The number of benzene rings is 2. The van der Waals surface area contributed by atoms with E-state index in [-0.39, 0.29) is 5.91 Å². The zero-order valence-corrected chi connectivity index (χ0v) is 12.5. The van der Waals surface area contributed by atoms with Gasteiger partial charge in [0.1, 0.15) is 5.75 Å². The molecule has 3 N–H and O–H groups in total. The molecule has 2 aromatic rings. The molecule has 2 aromatic carbocycles. The van der Waals surface area contributed by atoms with Crippen molar-refractivity contribution in [3.63, 3.8) is 0 Å². The van der Waals surface area contributed by atoms with Crippen molar-refractivity contribution in [1.29, 1.82) is 0 Å². The summed E-state index contributed by atoms with van der Waals surface area (Å²) in [6, 6.07) is 12.8. The molecule has 0 radical (unpaired) electrons. The zero-order valence-electron chi connectivity index (χ0n) is 12.5. The van der Waals surface area contributed by atoms with Crippen LogP contribution >= 0.6 is 0 Å². The minimum atomic E-state index is -0.183. The van der Waals surface area contributed by atoms with Crippen LogP contribution in [0.5, 0.6) is 5.75 Å². The predicted molar refractivity (Wildman–Crippen MR) is 85.9 cm³/mol. The first-order valence-corrected chi connectivity index (χ1v) is 6.86. The molecule has 0 heterocycles. The summed E-state index contributed by atoms with van der Waals surface area (Å²) in [5.74, 6) is 0.717. The summed E-state index contributed by atoms with van der Waals surface area (Å²) in [4.78, 5) is 12.3. The van der Waals surface area contributed by atoms with Crippen LogP contribution in [-0.2, 0) is 0 Å². The molecule has 0 aliphatic carbocycles. The van der Waals surface area contributed by atoms with Gasteiger partial charge in [-0.05, 0) is 35.7 Å². The highest BCUT2D eigenvalue weighted by Gasteiger charge is 2.12. The summed E-state index contributed by atoms with van der Waals surface area (Å²) in [6.07, 6.45) is 0. The second-order valence-electron chi connectivity index (χ2n) is 5.15. The molecule has 0 spiro atoms. The van der Waals surface area contributed by atoms with E-state index in [1.807, 2.05) is 24.3 Å². The Labute approximate surface area is 124 Å². The number of nitrogen functional groups attached to an aromatic ring is 1. The number of rotatable bonds is 4. The highest BCUT2D eigenvalue weighted by molar-refractivity contribution is 6.05. The van der Waals surface area contributed by atoms with Gasteiger partial charge in [-0.2, -0.15) is 0 Å². The third-order valence-corrected chi connectivity index (χ3v) is 3.32. The molecule has 0 aliphatic rings. The van der Waals surface area contributed by atoms with Crippen molar-refractivity contribution >= 4 is 17.3 Å². The average molecular weight is 284 g/mol. The largest absolute Gasteiger partial charge is 0.495 e. The van der Waals surface area contributed by atoms with Crippen molar-refractivity contribution in [1.82, 2.24) is 0 Å². The molecular formula is C17H20N2O2. The van der Waals surface area contributed by atoms with Crippen LogP contribution in [0.3, 0.4) is 0 Å². The molecule has 1 amide bonds. The maximum absolute atomic E-state index is 12.3. The van der Waals surface area contributed by atoms with Crippen LogP contribution in [0.2, 0.25) is 0 Å². The lowest BCUT2D eigenvalue weighted by atomic mass is 10.0. The van der Waals surface area contributed by atoms with Gasteiger partial charge >= 0.3 is 0 Å². The van der Waals surface area contributed by atoms with E-state index in [4.69, 9.17) is 10.5 Å². The fourth-order valence-electron chi connectivity index (χ4n) is 2.18. The number of carbonyl (C=O) groups excluding carboxylic acids is 1. The van der Waals surface area contributed by atoms with E-state index in [1.54, 1.807) is 25.3 Å². The smallest absolute Gasteiger partial charge is 0.255 e. The average Bonchev–Trinajstić information content (AvgIpc) is 2.47. The number of amides is 1. The summed E-state index contributed by atoms with van der Waals surface area (Å²) >= 11 is 0. The van der Waals surface area contributed by atoms with Gasteiger partial charge in [0.05, 0.1) is 12.8 Å². The van der Waals surface area contributed by atoms with Gasteiger partial charge in [-0.1, -0.05) is 32.0 Å². The number of methoxy groups -OCH3 is 1. The molecule has 4 nitrogen and oxygen atoms in total. The van der Waals surface area contributed by atoms with E-state index in [0.29, 0.717) is 22.9 Å². The maximum Gasteiger partial charge on any atom is 0.255 e. The Hall–Kier alpha value is -2.49. The molecule has 2 rings (SSSR count). The van der Waals surface area contributed by atoms with Gasteiger partial charge in [0.25, 0.3) is 5.91 Å². The van der Waals surface area contributed by atoms with Gasteiger partial charge in [-0.3, -0.25) is 4.79 Å². The summed E-state index contributed by atoms with van der Waals surface area (Å²) < 4.78 is 5.09. The lowest BCUT2D eigenvalue weighted by molar-refractivity contribution is 0.102. The fourth-order valence-corrected chi connectivity index (χ4v) is 2.18. The van der Waals surface area contributed by atoms with Crippen molar-refractivity contribution in [2.24, 2.45) is 0 Å². The van der Waals surface area contributed by atoms with Crippen LogP contribution in [0, 0.1) is 0 Å².